The Morgan fingerprint density at radius 3 is 2.49 bits per heavy atom. The second-order valence-electron chi connectivity index (χ2n) is 7.92. The van der Waals surface area contributed by atoms with Crippen molar-refractivity contribution in [3.05, 3.63) is 89.8 Å². The number of hydrogen-bond donors (Lipinski definition) is 2. The lowest BCUT2D eigenvalue weighted by molar-refractivity contribution is -0.113. The summed E-state index contributed by atoms with van der Waals surface area (Å²) in [5.41, 5.74) is 2.82. The summed E-state index contributed by atoms with van der Waals surface area (Å²) in [5, 5.41) is 10.9. The molecule has 2 aromatic carbocycles. The van der Waals surface area contributed by atoms with Gasteiger partial charge in [0.2, 0.25) is 5.95 Å². The Bertz CT molecular complexity index is 1400. The van der Waals surface area contributed by atoms with Gasteiger partial charge in [-0.25, -0.2) is 9.67 Å². The number of anilines is 2. The van der Waals surface area contributed by atoms with E-state index in [9.17, 15) is 4.79 Å². The average Bonchev–Trinajstić information content (AvgIpc) is 3.32. The number of methoxy groups -OCH3 is 2. The molecule has 1 aliphatic heterocycles. The fraction of sp³-hybridized carbons (Fsp3) is 0.154. The van der Waals surface area contributed by atoms with Crippen LogP contribution in [-0.2, 0) is 4.79 Å². The third kappa shape index (κ3) is 4.19. The van der Waals surface area contributed by atoms with Gasteiger partial charge < -0.3 is 20.1 Å². The molecule has 1 unspecified atom stereocenters. The van der Waals surface area contributed by atoms with Crippen LogP contribution in [0.2, 0.25) is 0 Å². The van der Waals surface area contributed by atoms with Crippen molar-refractivity contribution in [2.45, 2.75) is 13.0 Å². The van der Waals surface area contributed by atoms with Gasteiger partial charge in [-0.05, 0) is 36.8 Å². The number of allylic oxidation sites excluding steroid dienone is 1. The van der Waals surface area contributed by atoms with E-state index in [1.165, 1.54) is 0 Å². The van der Waals surface area contributed by atoms with E-state index in [0.29, 0.717) is 40.4 Å². The van der Waals surface area contributed by atoms with E-state index in [1.807, 2.05) is 61.5 Å². The van der Waals surface area contributed by atoms with E-state index < -0.39 is 6.04 Å². The topological polar surface area (TPSA) is 103 Å². The molecule has 2 aromatic heterocycles. The second-order valence-corrected chi connectivity index (χ2v) is 7.92. The van der Waals surface area contributed by atoms with E-state index in [1.54, 1.807) is 37.2 Å². The molecule has 176 valence electrons. The zero-order chi connectivity index (χ0) is 24.4. The van der Waals surface area contributed by atoms with Crippen LogP contribution in [0.5, 0.6) is 11.5 Å². The van der Waals surface area contributed by atoms with Gasteiger partial charge in [-0.2, -0.15) is 4.98 Å². The normalized spacial score (nSPS) is 14.7. The van der Waals surface area contributed by atoms with Crippen molar-refractivity contribution in [2.24, 2.45) is 0 Å². The highest BCUT2D eigenvalue weighted by atomic mass is 16.5. The van der Waals surface area contributed by atoms with Crippen LogP contribution in [0.15, 0.2) is 84.2 Å². The molecule has 1 atom stereocenters. The minimum Gasteiger partial charge on any atom is -0.493 e. The molecule has 3 heterocycles. The number of carbonyl (C=O) groups excluding carboxylic acids is 1. The lowest BCUT2D eigenvalue weighted by atomic mass is 9.94. The summed E-state index contributed by atoms with van der Waals surface area (Å²) in [6.07, 6.45) is 1.63. The summed E-state index contributed by atoms with van der Waals surface area (Å²) < 4.78 is 12.7. The van der Waals surface area contributed by atoms with Crippen molar-refractivity contribution in [3.8, 4) is 22.9 Å². The molecule has 5 rings (SSSR count). The molecule has 0 fully saturated rings. The third-order valence-electron chi connectivity index (χ3n) is 5.76. The first kappa shape index (κ1) is 22.1. The van der Waals surface area contributed by atoms with Crippen molar-refractivity contribution < 1.29 is 14.3 Å². The molecule has 4 aromatic rings. The predicted octanol–water partition coefficient (Wildman–Crippen LogP) is 4.28. The third-order valence-corrected chi connectivity index (χ3v) is 5.76. The van der Waals surface area contributed by atoms with E-state index >= 15 is 0 Å². The second kappa shape index (κ2) is 9.30. The summed E-state index contributed by atoms with van der Waals surface area (Å²) >= 11 is 0. The number of hydrogen-bond acceptors (Lipinski definition) is 7. The Labute approximate surface area is 202 Å². The van der Waals surface area contributed by atoms with Crippen LogP contribution in [0.1, 0.15) is 18.5 Å². The van der Waals surface area contributed by atoms with Crippen LogP contribution in [0.25, 0.3) is 11.4 Å². The van der Waals surface area contributed by atoms with Gasteiger partial charge in [-0.3, -0.25) is 4.79 Å². The highest BCUT2D eigenvalue weighted by molar-refractivity contribution is 6.05. The maximum Gasteiger partial charge on any atom is 0.257 e. The van der Waals surface area contributed by atoms with Crippen LogP contribution in [0.3, 0.4) is 0 Å². The first-order valence-corrected chi connectivity index (χ1v) is 11.0. The van der Waals surface area contributed by atoms with Gasteiger partial charge in [0.1, 0.15) is 11.9 Å². The maximum absolute atomic E-state index is 13.6. The number of benzene rings is 2. The number of nitrogens with one attached hydrogen (secondary N) is 2. The van der Waals surface area contributed by atoms with E-state index in [0.717, 1.165) is 11.1 Å². The summed E-state index contributed by atoms with van der Waals surface area (Å²) in [6.45, 7) is 1.85. The largest absolute Gasteiger partial charge is 0.493 e. The zero-order valence-electron chi connectivity index (χ0n) is 19.5. The zero-order valence-corrected chi connectivity index (χ0v) is 19.5. The van der Waals surface area contributed by atoms with Gasteiger partial charge in [0.15, 0.2) is 17.3 Å². The summed E-state index contributed by atoms with van der Waals surface area (Å²) in [6, 6.07) is 20.0. The Morgan fingerprint density at radius 2 is 1.77 bits per heavy atom. The molecule has 1 aliphatic rings. The van der Waals surface area contributed by atoms with Crippen molar-refractivity contribution in [2.75, 3.05) is 24.9 Å². The number of pyridine rings is 1. The Morgan fingerprint density at radius 1 is 1.00 bits per heavy atom. The number of ether oxygens (including phenoxy) is 2. The van der Waals surface area contributed by atoms with Crippen molar-refractivity contribution in [1.29, 1.82) is 0 Å². The quantitative estimate of drug-likeness (QED) is 0.435. The maximum atomic E-state index is 13.6. The molecule has 1 amide bonds. The number of aromatic nitrogens is 4. The minimum atomic E-state index is -0.570. The van der Waals surface area contributed by atoms with Crippen molar-refractivity contribution >= 4 is 17.7 Å². The molecule has 9 nitrogen and oxygen atoms in total. The van der Waals surface area contributed by atoms with Gasteiger partial charge in [0.25, 0.3) is 5.91 Å². The molecule has 0 radical (unpaired) electrons. The Kier molecular flexibility index (Phi) is 5.88. The van der Waals surface area contributed by atoms with Gasteiger partial charge in [0.05, 0.1) is 19.8 Å². The highest BCUT2D eigenvalue weighted by Gasteiger charge is 2.35. The number of carbonyl (C=O) groups is 1. The Balaban J connectivity index is 1.63. The van der Waals surface area contributed by atoms with Gasteiger partial charge in [0, 0.05) is 17.5 Å². The van der Waals surface area contributed by atoms with Crippen LogP contribution >= 0.6 is 0 Å². The first-order chi connectivity index (χ1) is 17.1. The first-order valence-electron chi connectivity index (χ1n) is 11.0. The lowest BCUT2D eigenvalue weighted by Gasteiger charge is -2.29. The molecule has 0 aliphatic carbocycles. The molecule has 0 spiro atoms. The van der Waals surface area contributed by atoms with E-state index in [-0.39, 0.29) is 5.91 Å². The molecule has 35 heavy (non-hydrogen) atoms. The standard InChI is InChI=1S/C26H24N6O3/c1-16-22(25(33)29-21-11-7-8-14-27-21)23(18-12-13-19(34-2)20(15-18)35-3)32-26(28-16)30-24(31-32)17-9-5-4-6-10-17/h4-15,23H,1-3H3,(H,27,29,33)(H,28,30,31). The molecular formula is C26H24N6O3. The van der Waals surface area contributed by atoms with Crippen molar-refractivity contribution in [3.63, 3.8) is 0 Å². The molecule has 0 saturated carbocycles. The molecule has 2 N–H and O–H groups in total. The lowest BCUT2D eigenvalue weighted by Crippen LogP contribution is -2.31. The van der Waals surface area contributed by atoms with Crippen LogP contribution in [0.4, 0.5) is 11.8 Å². The Hall–Kier alpha value is -4.66. The van der Waals surface area contributed by atoms with E-state index in [2.05, 4.69) is 15.6 Å². The highest BCUT2D eigenvalue weighted by Crippen LogP contribution is 2.39. The number of nitrogens with zero attached hydrogens (tertiary/aromatic N) is 4. The van der Waals surface area contributed by atoms with Gasteiger partial charge >= 0.3 is 0 Å². The van der Waals surface area contributed by atoms with Crippen LogP contribution in [0, 0.1) is 0 Å². The van der Waals surface area contributed by atoms with Crippen LogP contribution < -0.4 is 20.1 Å². The summed E-state index contributed by atoms with van der Waals surface area (Å²) in [7, 11) is 3.16. The average molecular weight is 469 g/mol. The summed E-state index contributed by atoms with van der Waals surface area (Å²) in [5.74, 6) is 2.40. The fourth-order valence-corrected chi connectivity index (χ4v) is 4.11. The van der Waals surface area contributed by atoms with Crippen LogP contribution in [-0.4, -0.2) is 39.9 Å². The number of fused-ring (bicyclic) bond motifs is 1. The predicted molar refractivity (Wildman–Crippen MR) is 132 cm³/mol. The molecule has 9 heteroatoms. The SMILES string of the molecule is COc1ccc(C2C(C(=O)Nc3ccccn3)=C(C)Nc3nc(-c4ccccc4)nn32)cc1OC. The monoisotopic (exact) mass is 468 g/mol. The van der Waals surface area contributed by atoms with E-state index in [4.69, 9.17) is 19.6 Å². The molecule has 0 saturated heterocycles. The van der Waals surface area contributed by atoms with Gasteiger partial charge in [-0.1, -0.05) is 42.5 Å². The van der Waals surface area contributed by atoms with Crippen molar-refractivity contribution in [1.82, 2.24) is 19.7 Å². The van der Waals surface area contributed by atoms with Gasteiger partial charge in [-0.15, -0.1) is 5.10 Å². The molecular weight excluding hydrogens is 444 g/mol. The molecule has 0 bridgehead atoms. The number of amides is 1. The fourth-order valence-electron chi connectivity index (χ4n) is 4.11. The summed E-state index contributed by atoms with van der Waals surface area (Å²) in [4.78, 5) is 22.5. The smallest absolute Gasteiger partial charge is 0.257 e. The minimum absolute atomic E-state index is 0.295. The number of rotatable bonds is 6.